The van der Waals surface area contributed by atoms with Crippen LogP contribution in [0.25, 0.3) is 0 Å². The van der Waals surface area contributed by atoms with Crippen LogP contribution >= 0.6 is 11.6 Å². The van der Waals surface area contributed by atoms with Gasteiger partial charge in [0, 0.05) is 10.6 Å². The Labute approximate surface area is 149 Å². The molecule has 8 nitrogen and oxygen atoms in total. The van der Waals surface area contributed by atoms with Gasteiger partial charge in [0.1, 0.15) is 6.04 Å². The van der Waals surface area contributed by atoms with Crippen LogP contribution in [0.4, 0.5) is 0 Å². The van der Waals surface area contributed by atoms with Gasteiger partial charge in [-0.15, -0.1) is 0 Å². The number of benzene rings is 1. The van der Waals surface area contributed by atoms with Gasteiger partial charge in [-0.1, -0.05) is 11.6 Å². The number of nitrogens with one attached hydrogen (secondary N) is 1. The lowest BCUT2D eigenvalue weighted by Gasteiger charge is -2.23. The molecule has 0 heterocycles. The van der Waals surface area contributed by atoms with Crippen LogP contribution in [-0.4, -0.2) is 51.2 Å². The number of halogens is 1. The molecule has 1 amide bonds. The van der Waals surface area contributed by atoms with Gasteiger partial charge in [-0.05, 0) is 24.3 Å². The number of hydrogen-bond acceptors (Lipinski definition) is 7. The lowest BCUT2D eigenvalue weighted by molar-refractivity contribution is -0.158. The summed E-state index contributed by atoms with van der Waals surface area (Å²) in [5, 5.41) is 2.81. The Balaban J connectivity index is 3.09. The first-order valence-corrected chi connectivity index (χ1v) is 7.50. The molecule has 0 aliphatic heterocycles. The highest BCUT2D eigenvalue weighted by Gasteiger charge is 2.38. The van der Waals surface area contributed by atoms with Crippen LogP contribution in [0.5, 0.6) is 0 Å². The van der Waals surface area contributed by atoms with Gasteiger partial charge in [-0.2, -0.15) is 0 Å². The molecule has 2 atom stereocenters. The average Bonchev–Trinajstić information content (AvgIpc) is 2.63. The molecule has 0 saturated carbocycles. The highest BCUT2D eigenvalue weighted by molar-refractivity contribution is 6.30. The average molecular weight is 372 g/mol. The van der Waals surface area contributed by atoms with Crippen molar-refractivity contribution < 1.29 is 33.4 Å². The molecule has 9 heteroatoms. The standard InChI is InChI=1S/C16H18ClNO7/c1-23-12(19)8-11(15(21)24-2)13(16(22)25-3)18-14(20)9-4-6-10(17)7-5-9/h4-7,11,13H,8H2,1-3H3,(H,18,20)/t11-,13-/m1/s1. The van der Waals surface area contributed by atoms with Crippen molar-refractivity contribution in [2.75, 3.05) is 21.3 Å². The second kappa shape index (κ2) is 9.63. The Morgan fingerprint density at radius 1 is 0.960 bits per heavy atom. The minimum absolute atomic E-state index is 0.208. The van der Waals surface area contributed by atoms with Crippen molar-refractivity contribution in [1.82, 2.24) is 5.32 Å². The van der Waals surface area contributed by atoms with E-state index >= 15 is 0 Å². The van der Waals surface area contributed by atoms with Crippen LogP contribution in [0, 0.1) is 5.92 Å². The molecule has 0 radical (unpaired) electrons. The Bertz CT molecular complexity index is 644. The van der Waals surface area contributed by atoms with E-state index < -0.39 is 42.2 Å². The summed E-state index contributed by atoms with van der Waals surface area (Å²) >= 11 is 5.76. The van der Waals surface area contributed by atoms with Gasteiger partial charge in [0.15, 0.2) is 0 Å². The van der Waals surface area contributed by atoms with E-state index in [0.29, 0.717) is 5.02 Å². The van der Waals surface area contributed by atoms with Gasteiger partial charge in [-0.3, -0.25) is 14.4 Å². The first-order chi connectivity index (χ1) is 11.8. The first kappa shape index (κ1) is 20.4. The molecule has 0 unspecified atom stereocenters. The van der Waals surface area contributed by atoms with Crippen molar-refractivity contribution in [2.45, 2.75) is 12.5 Å². The maximum atomic E-state index is 12.3. The highest BCUT2D eigenvalue weighted by Crippen LogP contribution is 2.16. The maximum absolute atomic E-state index is 12.3. The second-order valence-corrected chi connectivity index (χ2v) is 5.33. The molecule has 1 aromatic carbocycles. The number of ether oxygens (including phenoxy) is 3. The van der Waals surface area contributed by atoms with Crippen LogP contribution in [0.2, 0.25) is 5.02 Å². The summed E-state index contributed by atoms with van der Waals surface area (Å²) in [6.45, 7) is 0. The van der Waals surface area contributed by atoms with Crippen LogP contribution in [0.3, 0.4) is 0 Å². The zero-order valence-corrected chi connectivity index (χ0v) is 14.7. The van der Waals surface area contributed by atoms with Gasteiger partial charge in [0.25, 0.3) is 5.91 Å². The molecule has 0 bridgehead atoms. The Hall–Kier alpha value is -2.61. The summed E-state index contributed by atoms with van der Waals surface area (Å²) in [5.74, 6) is -4.46. The molecular weight excluding hydrogens is 354 g/mol. The third-order valence-electron chi connectivity index (χ3n) is 3.37. The van der Waals surface area contributed by atoms with Gasteiger partial charge < -0.3 is 19.5 Å². The number of esters is 3. The summed E-state index contributed by atoms with van der Waals surface area (Å²) in [7, 11) is 3.33. The fourth-order valence-electron chi connectivity index (χ4n) is 2.03. The molecule has 136 valence electrons. The minimum atomic E-state index is -1.43. The third kappa shape index (κ3) is 5.75. The summed E-state index contributed by atoms with van der Waals surface area (Å²) in [6, 6.07) is 4.45. The zero-order valence-electron chi connectivity index (χ0n) is 13.9. The number of rotatable bonds is 7. The van der Waals surface area contributed by atoms with Gasteiger partial charge >= 0.3 is 17.9 Å². The molecule has 0 fully saturated rings. The Morgan fingerprint density at radius 3 is 2.00 bits per heavy atom. The molecule has 0 saturated heterocycles. The number of amides is 1. The van der Waals surface area contributed by atoms with Crippen LogP contribution in [-0.2, 0) is 28.6 Å². The second-order valence-electron chi connectivity index (χ2n) is 4.89. The molecular formula is C16H18ClNO7. The topological polar surface area (TPSA) is 108 Å². The quantitative estimate of drug-likeness (QED) is 0.561. The predicted molar refractivity (Wildman–Crippen MR) is 86.9 cm³/mol. The van der Waals surface area contributed by atoms with Gasteiger partial charge in [0.2, 0.25) is 0 Å². The molecule has 1 aromatic rings. The van der Waals surface area contributed by atoms with E-state index in [0.717, 1.165) is 21.3 Å². The van der Waals surface area contributed by atoms with Crippen LogP contribution in [0.1, 0.15) is 16.8 Å². The van der Waals surface area contributed by atoms with Crippen molar-refractivity contribution >= 4 is 35.4 Å². The lowest BCUT2D eigenvalue weighted by atomic mass is 9.95. The molecule has 1 N–H and O–H groups in total. The smallest absolute Gasteiger partial charge is 0.329 e. The lowest BCUT2D eigenvalue weighted by Crippen LogP contribution is -2.50. The van der Waals surface area contributed by atoms with E-state index in [4.69, 9.17) is 11.6 Å². The van der Waals surface area contributed by atoms with Gasteiger partial charge in [0.05, 0.1) is 33.7 Å². The van der Waals surface area contributed by atoms with Crippen molar-refractivity contribution in [3.05, 3.63) is 34.9 Å². The minimum Gasteiger partial charge on any atom is -0.469 e. The Morgan fingerprint density at radius 2 is 1.52 bits per heavy atom. The highest BCUT2D eigenvalue weighted by atomic mass is 35.5. The number of hydrogen-bond donors (Lipinski definition) is 1. The third-order valence-corrected chi connectivity index (χ3v) is 3.62. The zero-order chi connectivity index (χ0) is 19.0. The first-order valence-electron chi connectivity index (χ1n) is 7.13. The number of carbonyl (C=O) groups excluding carboxylic acids is 4. The number of methoxy groups -OCH3 is 3. The van der Waals surface area contributed by atoms with E-state index in [9.17, 15) is 19.2 Å². The fourth-order valence-corrected chi connectivity index (χ4v) is 2.15. The summed E-state index contributed by atoms with van der Waals surface area (Å²) in [4.78, 5) is 47.9. The van der Waals surface area contributed by atoms with Crippen molar-refractivity contribution in [2.24, 2.45) is 5.92 Å². The summed E-state index contributed by atoms with van der Waals surface area (Å²) < 4.78 is 13.8. The predicted octanol–water partition coefficient (Wildman–Crippen LogP) is 0.964. The SMILES string of the molecule is COC(=O)C[C@@H](C(=O)OC)[C@@H](NC(=O)c1ccc(Cl)cc1)C(=O)OC. The van der Waals surface area contributed by atoms with Crippen molar-refractivity contribution in [1.29, 1.82) is 0 Å². The van der Waals surface area contributed by atoms with E-state index in [1.165, 1.54) is 24.3 Å². The van der Waals surface area contributed by atoms with E-state index in [1.807, 2.05) is 0 Å². The van der Waals surface area contributed by atoms with Crippen molar-refractivity contribution in [3.8, 4) is 0 Å². The molecule has 0 aromatic heterocycles. The fraction of sp³-hybridized carbons (Fsp3) is 0.375. The van der Waals surface area contributed by atoms with E-state index in [-0.39, 0.29) is 5.56 Å². The molecule has 0 aliphatic rings. The molecule has 0 spiro atoms. The van der Waals surface area contributed by atoms with Crippen molar-refractivity contribution in [3.63, 3.8) is 0 Å². The Kier molecular flexibility index (Phi) is 7.87. The van der Waals surface area contributed by atoms with Crippen LogP contribution < -0.4 is 5.32 Å². The largest absolute Gasteiger partial charge is 0.469 e. The van der Waals surface area contributed by atoms with Crippen LogP contribution in [0.15, 0.2) is 24.3 Å². The molecule has 1 rings (SSSR count). The summed E-state index contributed by atoms with van der Waals surface area (Å²) in [6.07, 6.45) is -0.468. The van der Waals surface area contributed by atoms with E-state index in [2.05, 4.69) is 19.5 Å². The molecule has 0 aliphatic carbocycles. The summed E-state index contributed by atoms with van der Waals surface area (Å²) in [5.41, 5.74) is 0.208. The normalized spacial score (nSPS) is 12.5. The van der Waals surface area contributed by atoms with E-state index in [1.54, 1.807) is 0 Å². The van der Waals surface area contributed by atoms with Gasteiger partial charge in [-0.25, -0.2) is 4.79 Å². The molecule has 25 heavy (non-hydrogen) atoms. The maximum Gasteiger partial charge on any atom is 0.329 e. The number of carbonyl (C=O) groups is 4. The monoisotopic (exact) mass is 371 g/mol.